The largest absolute Gasteiger partial charge is 0.477 e. The van der Waals surface area contributed by atoms with E-state index in [1.54, 1.807) is 0 Å². The molecule has 0 unspecified atom stereocenters. The normalized spacial score (nSPS) is 10.2. The number of hydrogen-bond donors (Lipinski definition) is 1. The monoisotopic (exact) mass is 322 g/mol. The molecule has 0 saturated heterocycles. The summed E-state index contributed by atoms with van der Waals surface area (Å²) in [6.45, 7) is -0.362. The van der Waals surface area contributed by atoms with Gasteiger partial charge < -0.3 is 10.1 Å². The van der Waals surface area contributed by atoms with Crippen molar-refractivity contribution in [1.82, 2.24) is 5.32 Å². The highest BCUT2D eigenvalue weighted by molar-refractivity contribution is 5.77. The molecule has 2 aromatic carbocycles. The van der Waals surface area contributed by atoms with Crippen LogP contribution in [0.2, 0.25) is 0 Å². The van der Waals surface area contributed by atoms with E-state index >= 15 is 0 Å². The number of ether oxygens (including phenoxy) is 1. The molecule has 0 aliphatic rings. The Morgan fingerprint density at radius 2 is 1.78 bits per heavy atom. The van der Waals surface area contributed by atoms with Crippen LogP contribution in [-0.4, -0.2) is 17.4 Å². The van der Waals surface area contributed by atoms with Crippen molar-refractivity contribution in [2.24, 2.45) is 0 Å². The van der Waals surface area contributed by atoms with Crippen LogP contribution in [0.1, 0.15) is 5.56 Å². The van der Waals surface area contributed by atoms with Gasteiger partial charge in [-0.3, -0.25) is 14.9 Å². The smallest absolute Gasteiger partial charge is 0.311 e. The molecule has 1 amide bonds. The van der Waals surface area contributed by atoms with Crippen LogP contribution in [0.15, 0.2) is 42.5 Å². The van der Waals surface area contributed by atoms with Crippen LogP contribution in [0, 0.1) is 21.7 Å². The molecule has 23 heavy (non-hydrogen) atoms. The number of nitro groups is 1. The molecule has 0 aliphatic heterocycles. The SMILES string of the molecule is O=C(COc1cc(F)ccc1[N+](=O)[O-])NCc1ccc(F)cc1. The van der Waals surface area contributed by atoms with Gasteiger partial charge in [-0.25, -0.2) is 8.78 Å². The molecule has 0 bridgehead atoms. The number of halogens is 2. The first-order valence-corrected chi connectivity index (χ1v) is 6.53. The second-order valence-electron chi connectivity index (χ2n) is 4.56. The zero-order valence-electron chi connectivity index (χ0n) is 11.8. The third-order valence-corrected chi connectivity index (χ3v) is 2.88. The van der Waals surface area contributed by atoms with Gasteiger partial charge in [-0.2, -0.15) is 0 Å². The molecular weight excluding hydrogens is 310 g/mol. The lowest BCUT2D eigenvalue weighted by Gasteiger charge is -2.08. The topological polar surface area (TPSA) is 81.5 Å². The van der Waals surface area contributed by atoms with Crippen molar-refractivity contribution in [3.05, 3.63) is 69.8 Å². The highest BCUT2D eigenvalue weighted by atomic mass is 19.1. The molecule has 6 nitrogen and oxygen atoms in total. The van der Waals surface area contributed by atoms with E-state index in [1.165, 1.54) is 24.3 Å². The van der Waals surface area contributed by atoms with E-state index in [4.69, 9.17) is 4.74 Å². The minimum absolute atomic E-state index is 0.147. The van der Waals surface area contributed by atoms with Crippen molar-refractivity contribution < 1.29 is 23.2 Å². The molecular formula is C15H12F2N2O4. The van der Waals surface area contributed by atoms with E-state index < -0.39 is 28.9 Å². The number of hydrogen-bond acceptors (Lipinski definition) is 4. The summed E-state index contributed by atoms with van der Waals surface area (Å²) in [6.07, 6.45) is 0. The minimum atomic E-state index is -0.731. The number of nitro benzene ring substituents is 1. The Morgan fingerprint density at radius 1 is 1.13 bits per heavy atom. The van der Waals surface area contributed by atoms with Crippen LogP contribution in [0.3, 0.4) is 0 Å². The fourth-order valence-electron chi connectivity index (χ4n) is 1.75. The number of amides is 1. The van der Waals surface area contributed by atoms with E-state index in [-0.39, 0.29) is 18.1 Å². The van der Waals surface area contributed by atoms with Crippen molar-refractivity contribution in [2.45, 2.75) is 6.54 Å². The van der Waals surface area contributed by atoms with Crippen molar-refractivity contribution in [2.75, 3.05) is 6.61 Å². The first kappa shape index (κ1) is 16.3. The molecule has 0 saturated carbocycles. The lowest BCUT2D eigenvalue weighted by molar-refractivity contribution is -0.385. The number of nitrogens with one attached hydrogen (secondary N) is 1. The van der Waals surface area contributed by atoms with Gasteiger partial charge in [0, 0.05) is 18.7 Å². The third kappa shape index (κ3) is 4.73. The van der Waals surface area contributed by atoms with Crippen molar-refractivity contribution >= 4 is 11.6 Å². The molecule has 0 spiro atoms. The first-order chi connectivity index (χ1) is 11.0. The number of benzene rings is 2. The molecule has 120 valence electrons. The minimum Gasteiger partial charge on any atom is -0.477 e. The number of carbonyl (C=O) groups excluding carboxylic acids is 1. The summed E-state index contributed by atoms with van der Waals surface area (Å²) in [5, 5.41) is 13.3. The van der Waals surface area contributed by atoms with Gasteiger partial charge in [-0.1, -0.05) is 12.1 Å². The average Bonchev–Trinajstić information content (AvgIpc) is 2.52. The molecule has 0 atom stereocenters. The fraction of sp³-hybridized carbons (Fsp3) is 0.133. The zero-order chi connectivity index (χ0) is 16.8. The molecule has 0 radical (unpaired) electrons. The molecule has 0 aliphatic carbocycles. The van der Waals surface area contributed by atoms with Crippen LogP contribution < -0.4 is 10.1 Å². The van der Waals surface area contributed by atoms with Gasteiger partial charge in [-0.15, -0.1) is 0 Å². The summed E-state index contributed by atoms with van der Waals surface area (Å²) in [4.78, 5) is 21.7. The quantitative estimate of drug-likeness (QED) is 0.654. The Labute approximate surface area is 129 Å². The molecule has 0 heterocycles. The van der Waals surface area contributed by atoms with Crippen LogP contribution in [0.4, 0.5) is 14.5 Å². The first-order valence-electron chi connectivity index (χ1n) is 6.53. The van der Waals surface area contributed by atoms with Crippen LogP contribution in [0.5, 0.6) is 5.75 Å². The van der Waals surface area contributed by atoms with Crippen LogP contribution >= 0.6 is 0 Å². The van der Waals surface area contributed by atoms with Gasteiger partial charge in [0.1, 0.15) is 11.6 Å². The molecule has 2 aromatic rings. The maximum absolute atomic E-state index is 13.1. The predicted octanol–water partition coefficient (Wildman–Crippen LogP) is 2.57. The summed E-state index contributed by atoms with van der Waals surface area (Å²) in [7, 11) is 0. The molecule has 0 aromatic heterocycles. The summed E-state index contributed by atoms with van der Waals surface area (Å²) < 4.78 is 30.8. The Hall–Kier alpha value is -3.03. The molecule has 8 heteroatoms. The summed E-state index contributed by atoms with van der Waals surface area (Å²) >= 11 is 0. The van der Waals surface area contributed by atoms with E-state index in [1.807, 2.05) is 0 Å². The Morgan fingerprint density at radius 3 is 2.43 bits per heavy atom. The van der Waals surface area contributed by atoms with Gasteiger partial charge in [0.2, 0.25) is 5.75 Å². The third-order valence-electron chi connectivity index (χ3n) is 2.88. The van der Waals surface area contributed by atoms with Crippen LogP contribution in [-0.2, 0) is 11.3 Å². The van der Waals surface area contributed by atoms with Crippen molar-refractivity contribution in [1.29, 1.82) is 0 Å². The predicted molar refractivity (Wildman–Crippen MR) is 76.8 cm³/mol. The Kier molecular flexibility index (Phi) is 5.19. The number of carbonyl (C=O) groups is 1. The van der Waals surface area contributed by atoms with Gasteiger partial charge in [-0.05, 0) is 23.8 Å². The maximum atomic E-state index is 13.1. The van der Waals surface area contributed by atoms with Crippen LogP contribution in [0.25, 0.3) is 0 Å². The maximum Gasteiger partial charge on any atom is 0.311 e. The fourth-order valence-corrected chi connectivity index (χ4v) is 1.75. The Balaban J connectivity index is 1.90. The number of nitrogens with zero attached hydrogens (tertiary/aromatic N) is 1. The second kappa shape index (κ2) is 7.30. The molecule has 1 N–H and O–H groups in total. The highest BCUT2D eigenvalue weighted by Crippen LogP contribution is 2.27. The average molecular weight is 322 g/mol. The van der Waals surface area contributed by atoms with Gasteiger partial charge in [0.25, 0.3) is 5.91 Å². The van der Waals surface area contributed by atoms with E-state index in [9.17, 15) is 23.7 Å². The zero-order valence-corrected chi connectivity index (χ0v) is 11.8. The molecule has 0 fully saturated rings. The molecule has 2 rings (SSSR count). The van der Waals surface area contributed by atoms with Crippen molar-refractivity contribution in [3.63, 3.8) is 0 Å². The summed E-state index contributed by atoms with van der Waals surface area (Å²) in [5.41, 5.74) is 0.245. The van der Waals surface area contributed by atoms with E-state index in [0.29, 0.717) is 5.56 Å². The van der Waals surface area contributed by atoms with E-state index in [2.05, 4.69) is 5.32 Å². The van der Waals surface area contributed by atoms with Crippen molar-refractivity contribution in [3.8, 4) is 5.75 Å². The van der Waals surface area contributed by atoms with Gasteiger partial charge in [0.05, 0.1) is 4.92 Å². The lowest BCUT2D eigenvalue weighted by atomic mass is 10.2. The number of rotatable bonds is 6. The van der Waals surface area contributed by atoms with Gasteiger partial charge in [0.15, 0.2) is 6.61 Å². The van der Waals surface area contributed by atoms with Gasteiger partial charge >= 0.3 is 5.69 Å². The lowest BCUT2D eigenvalue weighted by Crippen LogP contribution is -2.28. The summed E-state index contributed by atoms with van der Waals surface area (Å²) in [5.74, 6) is -1.97. The Bertz CT molecular complexity index is 720. The highest BCUT2D eigenvalue weighted by Gasteiger charge is 2.17. The standard InChI is InChI=1S/C15H12F2N2O4/c16-11-3-1-10(2-4-11)8-18-15(20)9-23-14-7-12(17)5-6-13(14)19(21)22/h1-7H,8-9H2,(H,18,20). The second-order valence-corrected chi connectivity index (χ2v) is 4.56. The van der Waals surface area contributed by atoms with E-state index in [0.717, 1.165) is 18.2 Å². The summed E-state index contributed by atoms with van der Waals surface area (Å²) in [6, 6.07) is 8.26.